The predicted octanol–water partition coefficient (Wildman–Crippen LogP) is 2.59. The van der Waals surface area contributed by atoms with E-state index in [-0.39, 0.29) is 0 Å². The molecule has 1 aromatic heterocycles. The largest absolute Gasteiger partial charge is 0.456 e. The van der Waals surface area contributed by atoms with Crippen LogP contribution in [0.5, 0.6) is 0 Å². The van der Waals surface area contributed by atoms with E-state index in [2.05, 4.69) is 12.1 Å². The number of hydrogen-bond donors (Lipinski definition) is 0. The summed E-state index contributed by atoms with van der Waals surface area (Å²) in [6.45, 7) is 4.03. The first-order valence-electron chi connectivity index (χ1n) is 5.13. The number of rotatable bonds is 1. The Kier molecular flexibility index (Phi) is 2.72. The maximum absolute atomic E-state index is 5.75. The molecule has 1 heterocycles. The summed E-state index contributed by atoms with van der Waals surface area (Å²) in [4.78, 5) is 0. The van der Waals surface area contributed by atoms with Crippen molar-refractivity contribution in [2.24, 2.45) is 0 Å². The molecular weight excluding hydrogens is 184 g/mol. The summed E-state index contributed by atoms with van der Waals surface area (Å²) in [5, 5.41) is 2.35. The van der Waals surface area contributed by atoms with Crippen molar-refractivity contribution in [2.75, 3.05) is 0 Å². The van der Waals surface area contributed by atoms with Crippen LogP contribution in [0.1, 0.15) is 13.8 Å². The third kappa shape index (κ3) is 1.73. The molecule has 1 aromatic carbocycles. The topological polar surface area (TPSA) is 13.1 Å². The monoisotopic (exact) mass is 198 g/mol. The van der Waals surface area contributed by atoms with Crippen LogP contribution in [0.25, 0.3) is 23.1 Å². The fraction of sp³-hybridized carbons (Fsp3) is 0.143. The van der Waals surface area contributed by atoms with Crippen LogP contribution in [-0.2, 0) is 0 Å². The second-order valence-electron chi connectivity index (χ2n) is 3.36. The van der Waals surface area contributed by atoms with Gasteiger partial charge in [-0.2, -0.15) is 0 Å². The summed E-state index contributed by atoms with van der Waals surface area (Å²) < 4.78 is 5.75. The van der Waals surface area contributed by atoms with Crippen molar-refractivity contribution in [1.29, 1.82) is 0 Å². The summed E-state index contributed by atoms with van der Waals surface area (Å²) >= 11 is 0. The Morgan fingerprint density at radius 2 is 1.93 bits per heavy atom. The van der Waals surface area contributed by atoms with Crippen LogP contribution < -0.4 is 10.6 Å². The molecule has 0 saturated carbocycles. The molecule has 0 spiro atoms. The standard InChI is InChI=1S/C14H14O/c1-3-5-9-13-11(4-2)12-8-6-7-10-14(12)15-13/h3-10H,1-2H3/b5-3-,11-4-,13-9+. The molecule has 2 aromatic rings. The zero-order chi connectivity index (χ0) is 10.7. The fourth-order valence-corrected chi connectivity index (χ4v) is 1.69. The van der Waals surface area contributed by atoms with E-state index >= 15 is 0 Å². The van der Waals surface area contributed by atoms with Gasteiger partial charge in [-0.1, -0.05) is 36.4 Å². The fourth-order valence-electron chi connectivity index (χ4n) is 1.69. The summed E-state index contributed by atoms with van der Waals surface area (Å²) in [7, 11) is 0. The molecule has 0 fully saturated rings. The van der Waals surface area contributed by atoms with Gasteiger partial charge in [-0.3, -0.25) is 0 Å². The highest BCUT2D eigenvalue weighted by atomic mass is 16.3. The Morgan fingerprint density at radius 3 is 2.67 bits per heavy atom. The smallest absolute Gasteiger partial charge is 0.135 e. The molecule has 0 unspecified atom stereocenters. The van der Waals surface area contributed by atoms with Crippen molar-refractivity contribution in [3.63, 3.8) is 0 Å². The SMILES string of the molecule is C\C=C/C=c1/oc2ccccc2/c1=C/C. The number of furan rings is 1. The van der Waals surface area contributed by atoms with Gasteiger partial charge < -0.3 is 4.42 Å². The highest BCUT2D eigenvalue weighted by Gasteiger charge is 1.99. The minimum atomic E-state index is 0.928. The lowest BCUT2D eigenvalue weighted by Gasteiger charge is -1.82. The molecule has 0 amide bonds. The molecule has 0 aliphatic carbocycles. The van der Waals surface area contributed by atoms with E-state index in [1.54, 1.807) is 0 Å². The van der Waals surface area contributed by atoms with E-state index in [0.717, 1.165) is 11.0 Å². The summed E-state index contributed by atoms with van der Waals surface area (Å²) in [5.74, 6) is 0. The zero-order valence-corrected chi connectivity index (χ0v) is 9.03. The van der Waals surface area contributed by atoms with Crippen LogP contribution in [0.2, 0.25) is 0 Å². The molecule has 15 heavy (non-hydrogen) atoms. The number of allylic oxidation sites excluding steroid dienone is 2. The van der Waals surface area contributed by atoms with Crippen LogP contribution in [0.15, 0.2) is 40.8 Å². The van der Waals surface area contributed by atoms with Gasteiger partial charge in [0.1, 0.15) is 11.0 Å². The third-order valence-corrected chi connectivity index (χ3v) is 2.39. The van der Waals surface area contributed by atoms with Crippen molar-refractivity contribution in [2.45, 2.75) is 13.8 Å². The van der Waals surface area contributed by atoms with E-state index in [1.807, 2.05) is 50.3 Å². The van der Waals surface area contributed by atoms with Gasteiger partial charge in [-0.15, -0.1) is 0 Å². The molecule has 0 atom stereocenters. The number of benzene rings is 1. The number of fused-ring (bicyclic) bond motifs is 1. The molecule has 0 aliphatic heterocycles. The van der Waals surface area contributed by atoms with E-state index < -0.39 is 0 Å². The highest BCUT2D eigenvalue weighted by molar-refractivity contribution is 5.78. The zero-order valence-electron chi connectivity index (χ0n) is 9.03. The minimum absolute atomic E-state index is 0.928. The van der Waals surface area contributed by atoms with Crippen molar-refractivity contribution < 1.29 is 4.42 Å². The van der Waals surface area contributed by atoms with E-state index in [4.69, 9.17) is 4.42 Å². The van der Waals surface area contributed by atoms with Gasteiger partial charge in [-0.25, -0.2) is 0 Å². The summed E-state index contributed by atoms with van der Waals surface area (Å²) in [6.07, 6.45) is 8.06. The summed E-state index contributed by atoms with van der Waals surface area (Å²) in [5.41, 5.74) is 1.87. The second-order valence-corrected chi connectivity index (χ2v) is 3.36. The van der Waals surface area contributed by atoms with Crippen LogP contribution in [0, 0.1) is 0 Å². The first kappa shape index (κ1) is 9.78. The lowest BCUT2D eigenvalue weighted by Crippen LogP contribution is -2.18. The van der Waals surface area contributed by atoms with E-state index in [9.17, 15) is 0 Å². The maximum atomic E-state index is 5.75. The van der Waals surface area contributed by atoms with Gasteiger partial charge in [0.05, 0.1) is 0 Å². The second kappa shape index (κ2) is 4.18. The van der Waals surface area contributed by atoms with E-state index in [1.165, 1.54) is 10.6 Å². The lowest BCUT2D eigenvalue weighted by atomic mass is 10.2. The van der Waals surface area contributed by atoms with Gasteiger partial charge >= 0.3 is 0 Å². The molecular formula is C14H14O. The third-order valence-electron chi connectivity index (χ3n) is 2.39. The average molecular weight is 198 g/mol. The molecule has 0 aliphatic rings. The van der Waals surface area contributed by atoms with Crippen molar-refractivity contribution in [3.05, 3.63) is 47.1 Å². The first-order chi connectivity index (χ1) is 7.36. The van der Waals surface area contributed by atoms with Crippen LogP contribution in [-0.4, -0.2) is 0 Å². The summed E-state index contributed by atoms with van der Waals surface area (Å²) in [6, 6.07) is 8.10. The highest BCUT2D eigenvalue weighted by Crippen LogP contribution is 2.06. The number of hydrogen-bond acceptors (Lipinski definition) is 1. The average Bonchev–Trinajstić information content (AvgIpc) is 2.63. The van der Waals surface area contributed by atoms with Crippen molar-refractivity contribution >= 4 is 23.1 Å². The molecule has 1 heteroatoms. The number of para-hydroxylation sites is 1. The molecule has 76 valence electrons. The van der Waals surface area contributed by atoms with Crippen LogP contribution >= 0.6 is 0 Å². The van der Waals surface area contributed by atoms with Gasteiger partial charge in [0.2, 0.25) is 0 Å². The molecule has 1 nitrogen and oxygen atoms in total. The Morgan fingerprint density at radius 1 is 1.13 bits per heavy atom. The predicted molar refractivity (Wildman–Crippen MR) is 64.9 cm³/mol. The first-order valence-corrected chi connectivity index (χ1v) is 5.13. The molecule has 0 saturated heterocycles. The van der Waals surface area contributed by atoms with Gasteiger partial charge in [0, 0.05) is 10.6 Å². The lowest BCUT2D eigenvalue weighted by molar-refractivity contribution is 0.575. The van der Waals surface area contributed by atoms with Crippen molar-refractivity contribution in [1.82, 2.24) is 0 Å². The minimum Gasteiger partial charge on any atom is -0.456 e. The normalized spacial score (nSPS) is 14.5. The van der Waals surface area contributed by atoms with Crippen LogP contribution in [0.3, 0.4) is 0 Å². The van der Waals surface area contributed by atoms with Gasteiger partial charge in [-0.05, 0) is 26.0 Å². The Bertz CT molecular complexity index is 600. The Balaban J connectivity index is 2.88. The van der Waals surface area contributed by atoms with Gasteiger partial charge in [0.15, 0.2) is 0 Å². The molecule has 0 radical (unpaired) electrons. The van der Waals surface area contributed by atoms with Crippen LogP contribution in [0.4, 0.5) is 0 Å². The molecule has 0 N–H and O–H groups in total. The molecule has 2 rings (SSSR count). The quantitative estimate of drug-likeness (QED) is 0.686. The maximum Gasteiger partial charge on any atom is 0.135 e. The van der Waals surface area contributed by atoms with E-state index in [0.29, 0.717) is 0 Å². The van der Waals surface area contributed by atoms with Crippen molar-refractivity contribution in [3.8, 4) is 0 Å². The van der Waals surface area contributed by atoms with Gasteiger partial charge in [0.25, 0.3) is 0 Å². The Hall–Kier alpha value is -1.76. The molecule has 0 bridgehead atoms. The Labute approximate surface area is 89.0 Å².